The van der Waals surface area contributed by atoms with Gasteiger partial charge in [0, 0.05) is 25.2 Å². The second kappa shape index (κ2) is 6.24. The zero-order valence-corrected chi connectivity index (χ0v) is 14.8. The lowest BCUT2D eigenvalue weighted by atomic mass is 10.1. The Morgan fingerprint density at radius 3 is 2.63 bits per heavy atom. The van der Waals surface area contributed by atoms with Crippen LogP contribution in [0.3, 0.4) is 0 Å². The number of carbonyl (C=O) groups is 1. The molecule has 0 aliphatic heterocycles. The van der Waals surface area contributed by atoms with Gasteiger partial charge >= 0.3 is 5.69 Å². The minimum absolute atomic E-state index is 0.273. The molecule has 0 radical (unpaired) electrons. The molecular weight excluding hydrogens is 346 g/mol. The van der Waals surface area contributed by atoms with Gasteiger partial charge in [-0.3, -0.25) is 14.2 Å². The molecule has 1 N–H and O–H groups in total. The Morgan fingerprint density at radius 2 is 1.81 bits per heavy atom. The Bertz CT molecular complexity index is 1310. The largest absolute Gasteiger partial charge is 0.332 e. The third-order valence-electron chi connectivity index (χ3n) is 4.57. The van der Waals surface area contributed by atoms with Crippen LogP contribution in [0.4, 0.5) is 5.69 Å². The Hall–Kier alpha value is -3.68. The topological polar surface area (TPSA) is 90.9 Å². The Labute approximate surface area is 153 Å². The lowest BCUT2D eigenvalue weighted by Crippen LogP contribution is -2.42. The number of nitrogens with zero attached hydrogens (tertiary/aromatic N) is 4. The monoisotopic (exact) mass is 363 g/mol. The number of hydrogen-bond donors (Lipinski definition) is 1. The van der Waals surface area contributed by atoms with Crippen LogP contribution < -0.4 is 16.6 Å². The van der Waals surface area contributed by atoms with Crippen molar-refractivity contribution in [3.63, 3.8) is 0 Å². The lowest BCUT2D eigenvalue weighted by molar-refractivity contribution is -0.116. The van der Waals surface area contributed by atoms with Gasteiger partial charge in [0.15, 0.2) is 11.2 Å². The van der Waals surface area contributed by atoms with Crippen LogP contribution in [0, 0.1) is 0 Å². The quantitative estimate of drug-likeness (QED) is 0.593. The highest BCUT2D eigenvalue weighted by atomic mass is 16.2. The lowest BCUT2D eigenvalue weighted by Gasteiger charge is -2.11. The van der Waals surface area contributed by atoms with Crippen molar-refractivity contribution in [1.82, 2.24) is 18.7 Å². The summed E-state index contributed by atoms with van der Waals surface area (Å²) in [5, 5.41) is 4.67. The maximum atomic E-state index is 12.7. The van der Waals surface area contributed by atoms with Gasteiger partial charge in [-0.15, -0.1) is 0 Å². The van der Waals surface area contributed by atoms with E-state index < -0.39 is 17.2 Å². The summed E-state index contributed by atoms with van der Waals surface area (Å²) in [7, 11) is 3.19. The molecule has 2 heterocycles. The van der Waals surface area contributed by atoms with Crippen molar-refractivity contribution in [3.8, 4) is 0 Å². The van der Waals surface area contributed by atoms with E-state index in [9.17, 15) is 14.4 Å². The van der Waals surface area contributed by atoms with Crippen LogP contribution in [0.1, 0.15) is 0 Å². The molecule has 0 aliphatic rings. The van der Waals surface area contributed by atoms with Gasteiger partial charge in [-0.1, -0.05) is 36.4 Å². The molecule has 0 unspecified atom stereocenters. The number of rotatable bonds is 3. The van der Waals surface area contributed by atoms with Gasteiger partial charge in [0.1, 0.15) is 6.54 Å². The molecule has 0 atom stereocenters. The summed E-state index contributed by atoms with van der Waals surface area (Å²) >= 11 is 0. The number of carbonyl (C=O) groups excluding carboxylic acids is 1. The van der Waals surface area contributed by atoms with Crippen LogP contribution >= 0.6 is 0 Å². The van der Waals surface area contributed by atoms with Crippen LogP contribution in [0.25, 0.3) is 21.9 Å². The van der Waals surface area contributed by atoms with Gasteiger partial charge in [-0.05, 0) is 11.5 Å². The summed E-state index contributed by atoms with van der Waals surface area (Å²) in [6.07, 6.45) is 1.46. The molecular formula is C19H17N5O3. The number of amides is 1. The fourth-order valence-electron chi connectivity index (χ4n) is 3.20. The Kier molecular flexibility index (Phi) is 3.88. The van der Waals surface area contributed by atoms with E-state index in [4.69, 9.17) is 0 Å². The standard InChI is InChI=1S/C19H17N5O3/c1-22-11-20-17-16(22)18(26)24(19(27)23(17)2)10-15(25)21-14-9-5-7-12-6-3-4-8-13(12)14/h3-9,11H,10H2,1-2H3,(H,21,25). The second-order valence-corrected chi connectivity index (χ2v) is 6.34. The first kappa shape index (κ1) is 16.8. The number of imidazole rings is 1. The molecule has 0 spiro atoms. The number of fused-ring (bicyclic) bond motifs is 2. The number of nitrogens with one attached hydrogen (secondary N) is 1. The normalized spacial score (nSPS) is 11.2. The first-order valence-electron chi connectivity index (χ1n) is 8.36. The fraction of sp³-hybridized carbons (Fsp3) is 0.158. The molecule has 2 aromatic carbocycles. The summed E-state index contributed by atoms with van der Waals surface area (Å²) in [6, 6.07) is 13.2. The third-order valence-corrected chi connectivity index (χ3v) is 4.57. The number of aromatic nitrogens is 4. The molecule has 136 valence electrons. The van der Waals surface area contributed by atoms with E-state index in [1.165, 1.54) is 22.5 Å². The smallest absolute Gasteiger partial charge is 0.328 e. The van der Waals surface area contributed by atoms with E-state index in [2.05, 4.69) is 10.3 Å². The molecule has 0 saturated carbocycles. The summed E-state index contributed by atoms with van der Waals surface area (Å²) in [6.45, 7) is -0.379. The highest BCUT2D eigenvalue weighted by Gasteiger charge is 2.17. The highest BCUT2D eigenvalue weighted by molar-refractivity contribution is 6.02. The highest BCUT2D eigenvalue weighted by Crippen LogP contribution is 2.22. The van der Waals surface area contributed by atoms with E-state index in [1.807, 2.05) is 36.4 Å². The first-order valence-corrected chi connectivity index (χ1v) is 8.36. The van der Waals surface area contributed by atoms with E-state index in [0.717, 1.165) is 15.3 Å². The predicted molar refractivity (Wildman–Crippen MR) is 103 cm³/mol. The molecule has 1 amide bonds. The molecule has 4 aromatic rings. The zero-order valence-electron chi connectivity index (χ0n) is 14.8. The van der Waals surface area contributed by atoms with Crippen molar-refractivity contribution in [3.05, 3.63) is 69.6 Å². The van der Waals surface area contributed by atoms with Crippen LogP contribution in [0.5, 0.6) is 0 Å². The minimum atomic E-state index is -0.584. The van der Waals surface area contributed by atoms with Crippen molar-refractivity contribution >= 4 is 33.5 Å². The molecule has 0 fully saturated rings. The van der Waals surface area contributed by atoms with Crippen molar-refractivity contribution < 1.29 is 4.79 Å². The SMILES string of the molecule is Cn1cnc2c1c(=O)n(CC(=O)Nc1cccc3ccccc13)c(=O)n2C. The summed E-state index contributed by atoms with van der Waals surface area (Å²) in [5.41, 5.74) is 0.0679. The molecule has 2 aromatic heterocycles. The van der Waals surface area contributed by atoms with Gasteiger partial charge in [0.05, 0.1) is 6.33 Å². The van der Waals surface area contributed by atoms with E-state index in [-0.39, 0.29) is 12.1 Å². The van der Waals surface area contributed by atoms with E-state index in [1.54, 1.807) is 13.1 Å². The van der Waals surface area contributed by atoms with Gasteiger partial charge < -0.3 is 9.88 Å². The van der Waals surface area contributed by atoms with Crippen molar-refractivity contribution in [1.29, 1.82) is 0 Å². The average molecular weight is 363 g/mol. The summed E-state index contributed by atoms with van der Waals surface area (Å²) in [4.78, 5) is 41.8. The Morgan fingerprint density at radius 1 is 1.07 bits per heavy atom. The van der Waals surface area contributed by atoms with E-state index in [0.29, 0.717) is 11.3 Å². The van der Waals surface area contributed by atoms with Crippen LogP contribution in [-0.2, 0) is 25.4 Å². The summed E-state index contributed by atoms with van der Waals surface area (Å²) in [5.74, 6) is -0.452. The molecule has 0 saturated heterocycles. The average Bonchev–Trinajstić information content (AvgIpc) is 3.05. The number of aryl methyl sites for hydroxylation is 2. The van der Waals surface area contributed by atoms with Crippen LogP contribution in [-0.4, -0.2) is 24.6 Å². The molecule has 0 aliphatic carbocycles. The molecule has 8 heteroatoms. The van der Waals surface area contributed by atoms with Gasteiger partial charge in [0.25, 0.3) is 5.56 Å². The molecule has 0 bridgehead atoms. The zero-order chi connectivity index (χ0) is 19.1. The van der Waals surface area contributed by atoms with Crippen LogP contribution in [0.2, 0.25) is 0 Å². The van der Waals surface area contributed by atoms with Crippen molar-refractivity contribution in [2.75, 3.05) is 5.32 Å². The van der Waals surface area contributed by atoms with Gasteiger partial charge in [0.2, 0.25) is 5.91 Å². The Balaban J connectivity index is 1.72. The van der Waals surface area contributed by atoms with Gasteiger partial charge in [-0.25, -0.2) is 14.3 Å². The van der Waals surface area contributed by atoms with Crippen molar-refractivity contribution in [2.45, 2.75) is 6.54 Å². The maximum absolute atomic E-state index is 12.7. The maximum Gasteiger partial charge on any atom is 0.332 e. The van der Waals surface area contributed by atoms with Crippen LogP contribution in [0.15, 0.2) is 58.4 Å². The third kappa shape index (κ3) is 2.71. The summed E-state index contributed by atoms with van der Waals surface area (Å²) < 4.78 is 3.72. The number of benzene rings is 2. The molecule has 27 heavy (non-hydrogen) atoms. The first-order chi connectivity index (χ1) is 13.0. The number of anilines is 1. The van der Waals surface area contributed by atoms with E-state index >= 15 is 0 Å². The number of hydrogen-bond acceptors (Lipinski definition) is 4. The predicted octanol–water partition coefficient (Wildman–Crippen LogP) is 1.23. The molecule has 4 rings (SSSR count). The molecule has 8 nitrogen and oxygen atoms in total. The van der Waals surface area contributed by atoms with Crippen molar-refractivity contribution in [2.24, 2.45) is 14.1 Å². The minimum Gasteiger partial charge on any atom is -0.328 e. The van der Waals surface area contributed by atoms with Gasteiger partial charge in [-0.2, -0.15) is 0 Å². The fourth-order valence-corrected chi connectivity index (χ4v) is 3.20. The second-order valence-electron chi connectivity index (χ2n) is 6.34.